The van der Waals surface area contributed by atoms with E-state index in [0.717, 1.165) is 18.4 Å². The Bertz CT molecular complexity index is 847. The molecule has 4 fully saturated rings. The van der Waals surface area contributed by atoms with E-state index in [2.05, 4.69) is 13.8 Å². The standard InChI is InChI=1S/C24H32O6/c1-22-7-4-14(25)10-13(22)11-15(21(28)29-3)19-16-5-8-24(9-6-18(27)30-24)23(16,2)12-17(26)20(19)22/h11,15-17,19-20,26H,4-10,12H2,1-3H3. The molecule has 3 saturated carbocycles. The molecule has 5 rings (SSSR count). The zero-order valence-electron chi connectivity index (χ0n) is 18.1. The molecule has 5 aliphatic rings. The van der Waals surface area contributed by atoms with Crippen molar-refractivity contribution in [3.63, 3.8) is 0 Å². The Labute approximate surface area is 177 Å². The number of hydrogen-bond donors (Lipinski definition) is 1. The number of Topliss-reactive ketones (excluding diaryl/α,β-unsaturated/α-hetero) is 1. The highest BCUT2D eigenvalue weighted by Crippen LogP contribution is 2.70. The van der Waals surface area contributed by atoms with Gasteiger partial charge in [0.25, 0.3) is 0 Å². The van der Waals surface area contributed by atoms with Crippen molar-refractivity contribution < 1.29 is 29.0 Å². The Morgan fingerprint density at radius 3 is 2.63 bits per heavy atom. The van der Waals surface area contributed by atoms with Crippen LogP contribution in [0.3, 0.4) is 0 Å². The zero-order chi connectivity index (χ0) is 21.5. The predicted octanol–water partition coefficient (Wildman–Crippen LogP) is 2.96. The van der Waals surface area contributed by atoms with Crippen LogP contribution in [0.1, 0.15) is 65.2 Å². The summed E-state index contributed by atoms with van der Waals surface area (Å²) in [7, 11) is 1.41. The summed E-state index contributed by atoms with van der Waals surface area (Å²) in [4.78, 5) is 37.2. The Hall–Kier alpha value is -1.69. The van der Waals surface area contributed by atoms with E-state index in [4.69, 9.17) is 9.47 Å². The topological polar surface area (TPSA) is 89.9 Å². The van der Waals surface area contributed by atoms with Gasteiger partial charge >= 0.3 is 11.9 Å². The van der Waals surface area contributed by atoms with Gasteiger partial charge in [0, 0.05) is 24.7 Å². The number of carbonyl (C=O) groups excluding carboxylic acids is 3. The first-order chi connectivity index (χ1) is 14.1. The molecule has 0 bridgehead atoms. The molecule has 8 atom stereocenters. The highest BCUT2D eigenvalue weighted by atomic mass is 16.6. The molecular formula is C24H32O6. The number of ketones is 1. The van der Waals surface area contributed by atoms with Crippen molar-refractivity contribution in [3.05, 3.63) is 11.6 Å². The van der Waals surface area contributed by atoms with Crippen molar-refractivity contribution in [2.75, 3.05) is 7.11 Å². The Morgan fingerprint density at radius 2 is 1.97 bits per heavy atom. The number of ether oxygens (including phenoxy) is 2. The van der Waals surface area contributed by atoms with Gasteiger partial charge < -0.3 is 14.6 Å². The first-order valence-electron chi connectivity index (χ1n) is 11.4. The first-order valence-corrected chi connectivity index (χ1v) is 11.4. The zero-order valence-corrected chi connectivity index (χ0v) is 18.1. The van der Waals surface area contributed by atoms with Gasteiger partial charge in [-0.1, -0.05) is 25.5 Å². The maximum absolute atomic E-state index is 12.9. The Kier molecular flexibility index (Phi) is 4.32. The minimum absolute atomic E-state index is 0.0770. The average molecular weight is 417 g/mol. The molecule has 164 valence electrons. The van der Waals surface area contributed by atoms with E-state index in [0.29, 0.717) is 38.5 Å². The van der Waals surface area contributed by atoms with Gasteiger partial charge in [0.05, 0.1) is 19.1 Å². The molecule has 8 unspecified atom stereocenters. The van der Waals surface area contributed by atoms with E-state index in [1.54, 1.807) is 0 Å². The minimum atomic E-state index is -0.611. The molecule has 6 heteroatoms. The van der Waals surface area contributed by atoms with Gasteiger partial charge in [-0.3, -0.25) is 14.4 Å². The number of rotatable bonds is 1. The first kappa shape index (κ1) is 20.2. The minimum Gasteiger partial charge on any atom is -0.469 e. The number of methoxy groups -OCH3 is 1. The second kappa shape index (κ2) is 6.41. The average Bonchev–Trinajstić information content (AvgIpc) is 3.21. The summed E-state index contributed by atoms with van der Waals surface area (Å²) in [6.45, 7) is 4.33. The summed E-state index contributed by atoms with van der Waals surface area (Å²) in [5, 5.41) is 11.6. The third-order valence-corrected chi connectivity index (χ3v) is 9.74. The van der Waals surface area contributed by atoms with Crippen molar-refractivity contribution in [3.8, 4) is 0 Å². The molecule has 1 heterocycles. The van der Waals surface area contributed by atoms with Gasteiger partial charge in [-0.05, 0) is 55.3 Å². The fourth-order valence-corrected chi connectivity index (χ4v) is 8.26. The Morgan fingerprint density at radius 1 is 1.20 bits per heavy atom. The molecular weight excluding hydrogens is 384 g/mol. The fourth-order valence-electron chi connectivity index (χ4n) is 8.26. The van der Waals surface area contributed by atoms with Crippen molar-refractivity contribution in [2.45, 2.75) is 76.9 Å². The van der Waals surface area contributed by atoms with E-state index in [1.807, 2.05) is 6.08 Å². The molecule has 30 heavy (non-hydrogen) atoms. The highest BCUT2D eigenvalue weighted by molar-refractivity contribution is 5.84. The summed E-state index contributed by atoms with van der Waals surface area (Å²) in [5.74, 6) is -0.728. The molecule has 4 aliphatic carbocycles. The number of aliphatic hydroxyl groups is 1. The van der Waals surface area contributed by atoms with E-state index in [9.17, 15) is 19.5 Å². The van der Waals surface area contributed by atoms with Crippen LogP contribution >= 0.6 is 0 Å². The quantitative estimate of drug-likeness (QED) is 0.522. The molecule has 0 aromatic carbocycles. The summed E-state index contributed by atoms with van der Waals surface area (Å²) in [6.07, 6.45) is 6.34. The fraction of sp³-hybridized carbons (Fsp3) is 0.792. The smallest absolute Gasteiger partial charge is 0.312 e. The van der Waals surface area contributed by atoms with Crippen LogP contribution in [0.15, 0.2) is 11.6 Å². The van der Waals surface area contributed by atoms with Crippen LogP contribution in [0.4, 0.5) is 0 Å². The third-order valence-electron chi connectivity index (χ3n) is 9.74. The van der Waals surface area contributed by atoms with Gasteiger partial charge in [-0.2, -0.15) is 0 Å². The van der Waals surface area contributed by atoms with Crippen LogP contribution in [-0.4, -0.2) is 41.6 Å². The molecule has 0 radical (unpaired) electrons. The van der Waals surface area contributed by atoms with Crippen molar-refractivity contribution in [1.29, 1.82) is 0 Å². The largest absolute Gasteiger partial charge is 0.469 e. The second-order valence-electron chi connectivity index (χ2n) is 10.8. The van der Waals surface area contributed by atoms with Crippen LogP contribution in [-0.2, 0) is 23.9 Å². The lowest BCUT2D eigenvalue weighted by atomic mass is 9.44. The molecule has 6 nitrogen and oxygen atoms in total. The molecule has 1 saturated heterocycles. The van der Waals surface area contributed by atoms with Crippen LogP contribution < -0.4 is 0 Å². The SMILES string of the molecule is COC(=O)C1C=C2CC(=O)CCC2(C)C2C(O)CC3(C)C(CCC34CCC(=O)O4)C12. The van der Waals surface area contributed by atoms with Crippen molar-refractivity contribution in [1.82, 2.24) is 0 Å². The van der Waals surface area contributed by atoms with Crippen molar-refractivity contribution >= 4 is 17.7 Å². The number of allylic oxidation sites excluding steroid dienone is 1. The van der Waals surface area contributed by atoms with E-state index in [-0.39, 0.29) is 46.3 Å². The van der Waals surface area contributed by atoms with Crippen LogP contribution in [0.5, 0.6) is 0 Å². The number of esters is 2. The molecule has 0 aromatic rings. The maximum atomic E-state index is 12.9. The van der Waals surface area contributed by atoms with E-state index < -0.39 is 17.6 Å². The molecule has 0 amide bonds. The van der Waals surface area contributed by atoms with Crippen molar-refractivity contribution in [2.24, 2.45) is 34.5 Å². The van der Waals surface area contributed by atoms with E-state index >= 15 is 0 Å². The summed E-state index contributed by atoms with van der Waals surface area (Å²) in [6, 6.07) is 0. The molecule has 0 aromatic heterocycles. The monoisotopic (exact) mass is 416 g/mol. The predicted molar refractivity (Wildman–Crippen MR) is 107 cm³/mol. The van der Waals surface area contributed by atoms with Gasteiger partial charge in [0.15, 0.2) is 0 Å². The number of hydrogen-bond acceptors (Lipinski definition) is 6. The summed E-state index contributed by atoms with van der Waals surface area (Å²) in [5.41, 5.74) is -0.183. The highest BCUT2D eigenvalue weighted by Gasteiger charge is 2.70. The molecule has 1 spiro atoms. The van der Waals surface area contributed by atoms with Gasteiger partial charge in [-0.15, -0.1) is 0 Å². The van der Waals surface area contributed by atoms with E-state index in [1.165, 1.54) is 7.11 Å². The number of fused-ring (bicyclic) bond motifs is 6. The lowest BCUT2D eigenvalue weighted by molar-refractivity contribution is -0.192. The number of carbonyl (C=O) groups is 3. The normalized spacial score (nSPS) is 49.7. The summed E-state index contributed by atoms with van der Waals surface area (Å²) < 4.78 is 11.1. The Balaban J connectivity index is 1.63. The maximum Gasteiger partial charge on any atom is 0.312 e. The van der Waals surface area contributed by atoms with Crippen LogP contribution in [0.2, 0.25) is 0 Å². The number of aliphatic hydroxyl groups excluding tert-OH is 1. The lowest BCUT2D eigenvalue weighted by Crippen LogP contribution is -2.62. The van der Waals surface area contributed by atoms with Gasteiger partial charge in [0.2, 0.25) is 0 Å². The van der Waals surface area contributed by atoms with Gasteiger partial charge in [-0.25, -0.2) is 0 Å². The molecule has 1 aliphatic heterocycles. The van der Waals surface area contributed by atoms with Gasteiger partial charge in [0.1, 0.15) is 11.4 Å². The lowest BCUT2D eigenvalue weighted by Gasteiger charge is -2.61. The summed E-state index contributed by atoms with van der Waals surface area (Å²) >= 11 is 0. The molecule has 1 N–H and O–H groups in total. The van der Waals surface area contributed by atoms with Crippen LogP contribution in [0.25, 0.3) is 0 Å². The third kappa shape index (κ3) is 2.43. The van der Waals surface area contributed by atoms with Crippen LogP contribution in [0, 0.1) is 34.5 Å². The second-order valence-corrected chi connectivity index (χ2v) is 10.8.